The molecule has 1 aromatic heterocycles. The summed E-state index contributed by atoms with van der Waals surface area (Å²) in [5.74, 6) is 0.882. The van der Waals surface area contributed by atoms with Gasteiger partial charge in [0.1, 0.15) is 0 Å². The maximum atomic E-state index is 5.19. The summed E-state index contributed by atoms with van der Waals surface area (Å²) >= 11 is 0. The van der Waals surface area contributed by atoms with Crippen LogP contribution in [0, 0.1) is 6.92 Å². The predicted octanol–water partition coefficient (Wildman–Crippen LogP) is 3.01. The van der Waals surface area contributed by atoms with E-state index in [1.165, 1.54) is 11.1 Å². The van der Waals surface area contributed by atoms with E-state index in [-0.39, 0.29) is 6.04 Å². The fraction of sp³-hybridized carbons (Fsp3) is 0.400. The van der Waals surface area contributed by atoms with Gasteiger partial charge < -0.3 is 14.6 Å². The molecule has 0 spiro atoms. The van der Waals surface area contributed by atoms with Gasteiger partial charge in [-0.25, -0.2) is 4.98 Å². The Labute approximate surface area is 114 Å². The van der Waals surface area contributed by atoms with Crippen molar-refractivity contribution in [3.05, 3.63) is 47.8 Å². The minimum Gasteiger partial charge on any atom is -0.383 e. The molecule has 0 saturated heterocycles. The van der Waals surface area contributed by atoms with E-state index in [1.807, 2.05) is 12.4 Å². The van der Waals surface area contributed by atoms with Crippen LogP contribution < -0.4 is 5.32 Å². The van der Waals surface area contributed by atoms with Gasteiger partial charge in [0.25, 0.3) is 0 Å². The number of hydrogen-bond donors (Lipinski definition) is 1. The van der Waals surface area contributed by atoms with Crippen molar-refractivity contribution in [1.29, 1.82) is 0 Å². The Morgan fingerprint density at radius 2 is 2.16 bits per heavy atom. The Kier molecular flexibility index (Phi) is 4.58. The van der Waals surface area contributed by atoms with Crippen LogP contribution in [0.15, 0.2) is 36.7 Å². The summed E-state index contributed by atoms with van der Waals surface area (Å²) in [7, 11) is 1.72. The highest BCUT2D eigenvalue weighted by Gasteiger charge is 2.09. The van der Waals surface area contributed by atoms with E-state index in [0.717, 1.165) is 12.5 Å². The first kappa shape index (κ1) is 13.6. The first-order chi connectivity index (χ1) is 9.22. The highest BCUT2D eigenvalue weighted by atomic mass is 16.5. The third-order valence-corrected chi connectivity index (χ3v) is 3.25. The zero-order valence-corrected chi connectivity index (χ0v) is 11.8. The highest BCUT2D eigenvalue weighted by Crippen LogP contribution is 2.15. The van der Waals surface area contributed by atoms with Crippen LogP contribution >= 0.6 is 0 Å². The van der Waals surface area contributed by atoms with Crippen molar-refractivity contribution in [3.63, 3.8) is 0 Å². The van der Waals surface area contributed by atoms with Gasteiger partial charge in [0, 0.05) is 26.0 Å². The Morgan fingerprint density at radius 1 is 1.37 bits per heavy atom. The molecule has 0 fully saturated rings. The summed E-state index contributed by atoms with van der Waals surface area (Å²) in [6.07, 6.45) is 3.79. The second-order valence-electron chi connectivity index (χ2n) is 4.74. The van der Waals surface area contributed by atoms with Crippen molar-refractivity contribution in [2.75, 3.05) is 19.0 Å². The normalized spacial score (nSPS) is 12.4. The van der Waals surface area contributed by atoms with Gasteiger partial charge in [0.15, 0.2) is 0 Å². The lowest BCUT2D eigenvalue weighted by molar-refractivity contribution is 0.163. The summed E-state index contributed by atoms with van der Waals surface area (Å²) in [6.45, 7) is 5.69. The first-order valence-corrected chi connectivity index (χ1v) is 6.52. The predicted molar refractivity (Wildman–Crippen MR) is 77.3 cm³/mol. The summed E-state index contributed by atoms with van der Waals surface area (Å²) in [6, 6.07) is 8.64. The number of anilines is 1. The number of methoxy groups -OCH3 is 1. The number of hydrogen-bond acceptors (Lipinski definition) is 3. The van der Waals surface area contributed by atoms with Gasteiger partial charge in [0.2, 0.25) is 5.95 Å². The number of aryl methyl sites for hydroxylation is 1. The maximum Gasteiger partial charge on any atom is 0.203 e. The molecule has 0 amide bonds. The van der Waals surface area contributed by atoms with Crippen molar-refractivity contribution in [2.24, 2.45) is 0 Å². The molecule has 0 aliphatic rings. The van der Waals surface area contributed by atoms with Crippen molar-refractivity contribution in [1.82, 2.24) is 9.55 Å². The van der Waals surface area contributed by atoms with E-state index in [4.69, 9.17) is 4.74 Å². The van der Waals surface area contributed by atoms with Crippen LogP contribution in [0.4, 0.5) is 5.95 Å². The fourth-order valence-corrected chi connectivity index (χ4v) is 2.11. The van der Waals surface area contributed by atoms with Crippen LogP contribution in [0.5, 0.6) is 0 Å². The standard InChI is InChI=1S/C15H21N3O/c1-12-6-4-5-7-14(12)10-17-15-16-8-9-18(15)13(2)11-19-3/h4-9,13H,10-11H2,1-3H3,(H,16,17). The summed E-state index contributed by atoms with van der Waals surface area (Å²) in [5, 5.41) is 3.39. The van der Waals surface area contributed by atoms with Gasteiger partial charge >= 0.3 is 0 Å². The van der Waals surface area contributed by atoms with E-state index >= 15 is 0 Å². The molecule has 4 nitrogen and oxygen atoms in total. The molecule has 0 aliphatic heterocycles. The largest absolute Gasteiger partial charge is 0.383 e. The Hall–Kier alpha value is -1.81. The second kappa shape index (κ2) is 6.38. The monoisotopic (exact) mass is 259 g/mol. The molecule has 2 aromatic rings. The van der Waals surface area contributed by atoms with Crippen LogP contribution in [0.1, 0.15) is 24.1 Å². The van der Waals surface area contributed by atoms with Crippen molar-refractivity contribution >= 4 is 5.95 Å². The smallest absolute Gasteiger partial charge is 0.203 e. The average molecular weight is 259 g/mol. The summed E-state index contributed by atoms with van der Waals surface area (Å²) < 4.78 is 7.29. The van der Waals surface area contributed by atoms with Gasteiger partial charge in [-0.15, -0.1) is 0 Å². The lowest BCUT2D eigenvalue weighted by atomic mass is 10.1. The Bertz CT molecular complexity index is 522. The lowest BCUT2D eigenvalue weighted by Crippen LogP contribution is -2.14. The zero-order chi connectivity index (χ0) is 13.7. The van der Waals surface area contributed by atoms with Gasteiger partial charge in [-0.2, -0.15) is 0 Å². The van der Waals surface area contributed by atoms with Gasteiger partial charge in [-0.1, -0.05) is 24.3 Å². The minimum absolute atomic E-state index is 0.270. The topological polar surface area (TPSA) is 39.1 Å². The van der Waals surface area contributed by atoms with Crippen molar-refractivity contribution in [2.45, 2.75) is 26.4 Å². The number of nitrogens with one attached hydrogen (secondary N) is 1. The molecule has 0 radical (unpaired) electrons. The third kappa shape index (κ3) is 3.35. The van der Waals surface area contributed by atoms with Crippen LogP contribution in [-0.4, -0.2) is 23.3 Å². The van der Waals surface area contributed by atoms with E-state index in [2.05, 4.69) is 53.0 Å². The van der Waals surface area contributed by atoms with E-state index in [1.54, 1.807) is 7.11 Å². The molecular weight excluding hydrogens is 238 g/mol. The van der Waals surface area contributed by atoms with E-state index < -0.39 is 0 Å². The summed E-state index contributed by atoms with van der Waals surface area (Å²) in [4.78, 5) is 4.36. The third-order valence-electron chi connectivity index (χ3n) is 3.25. The number of benzene rings is 1. The molecule has 4 heteroatoms. The molecule has 102 valence electrons. The highest BCUT2D eigenvalue weighted by molar-refractivity contribution is 5.32. The second-order valence-corrected chi connectivity index (χ2v) is 4.74. The Morgan fingerprint density at radius 3 is 2.89 bits per heavy atom. The van der Waals surface area contributed by atoms with Crippen LogP contribution in [0.25, 0.3) is 0 Å². The fourth-order valence-electron chi connectivity index (χ4n) is 2.11. The van der Waals surface area contributed by atoms with Gasteiger partial charge in [-0.05, 0) is 25.0 Å². The van der Waals surface area contributed by atoms with Gasteiger partial charge in [-0.3, -0.25) is 0 Å². The molecule has 0 bridgehead atoms. The van der Waals surface area contributed by atoms with E-state index in [9.17, 15) is 0 Å². The van der Waals surface area contributed by atoms with Crippen LogP contribution in [-0.2, 0) is 11.3 Å². The molecule has 0 aliphatic carbocycles. The molecule has 2 rings (SSSR count). The van der Waals surface area contributed by atoms with Crippen molar-refractivity contribution in [3.8, 4) is 0 Å². The van der Waals surface area contributed by atoms with Crippen LogP contribution in [0.3, 0.4) is 0 Å². The summed E-state index contributed by atoms with van der Waals surface area (Å²) in [5.41, 5.74) is 2.58. The molecule has 1 N–H and O–H groups in total. The first-order valence-electron chi connectivity index (χ1n) is 6.52. The zero-order valence-electron chi connectivity index (χ0n) is 11.8. The molecule has 19 heavy (non-hydrogen) atoms. The number of ether oxygens (including phenoxy) is 1. The van der Waals surface area contributed by atoms with E-state index in [0.29, 0.717) is 6.61 Å². The molecule has 1 unspecified atom stereocenters. The molecule has 1 heterocycles. The Balaban J connectivity index is 2.04. The molecule has 0 saturated carbocycles. The van der Waals surface area contributed by atoms with Crippen molar-refractivity contribution < 1.29 is 4.74 Å². The quantitative estimate of drug-likeness (QED) is 0.866. The number of imidazole rings is 1. The molecule has 1 aromatic carbocycles. The molecular formula is C15H21N3O. The maximum absolute atomic E-state index is 5.19. The molecule has 1 atom stereocenters. The minimum atomic E-state index is 0.270. The van der Waals surface area contributed by atoms with Gasteiger partial charge in [0.05, 0.1) is 12.6 Å². The SMILES string of the molecule is COCC(C)n1ccnc1NCc1ccccc1C. The average Bonchev–Trinajstić information content (AvgIpc) is 2.86. The number of aromatic nitrogens is 2. The van der Waals surface area contributed by atoms with Crippen LogP contribution in [0.2, 0.25) is 0 Å². The lowest BCUT2D eigenvalue weighted by Gasteiger charge is -2.16. The number of rotatable bonds is 6. The number of nitrogens with zero attached hydrogens (tertiary/aromatic N) is 2.